The lowest BCUT2D eigenvalue weighted by atomic mass is 10.0. The Hall–Kier alpha value is -0.120. The molecule has 0 bridgehead atoms. The standard InChI is InChI=1S/C10H21NO2/c1-9-4-6-11(10(9)8-12)5-3-7-13-2/h9-10,12H,3-8H2,1-2H3. The minimum atomic E-state index is 0.300. The maximum Gasteiger partial charge on any atom is 0.0589 e. The van der Waals surface area contributed by atoms with E-state index in [0.29, 0.717) is 18.6 Å². The summed E-state index contributed by atoms with van der Waals surface area (Å²) in [6.07, 6.45) is 2.29. The van der Waals surface area contributed by atoms with Crippen LogP contribution in [0.3, 0.4) is 0 Å². The smallest absolute Gasteiger partial charge is 0.0589 e. The molecular formula is C10H21NO2. The van der Waals surface area contributed by atoms with Crippen molar-refractivity contribution in [1.82, 2.24) is 4.90 Å². The number of aliphatic hydroxyl groups excluding tert-OH is 1. The van der Waals surface area contributed by atoms with Gasteiger partial charge in [-0.1, -0.05) is 6.92 Å². The lowest BCUT2D eigenvalue weighted by molar-refractivity contribution is 0.122. The summed E-state index contributed by atoms with van der Waals surface area (Å²) < 4.78 is 5.01. The zero-order chi connectivity index (χ0) is 9.68. The second-order valence-corrected chi connectivity index (χ2v) is 3.90. The molecule has 3 heteroatoms. The van der Waals surface area contributed by atoms with E-state index in [1.165, 1.54) is 6.42 Å². The Bertz CT molecular complexity index is 141. The van der Waals surface area contributed by atoms with Gasteiger partial charge in [0.15, 0.2) is 0 Å². The number of hydrogen-bond acceptors (Lipinski definition) is 3. The van der Waals surface area contributed by atoms with E-state index >= 15 is 0 Å². The number of likely N-dealkylation sites (tertiary alicyclic amines) is 1. The molecule has 1 saturated heterocycles. The van der Waals surface area contributed by atoms with Gasteiger partial charge in [-0.3, -0.25) is 4.90 Å². The number of rotatable bonds is 5. The fourth-order valence-corrected chi connectivity index (χ4v) is 2.07. The molecule has 1 heterocycles. The molecule has 3 nitrogen and oxygen atoms in total. The topological polar surface area (TPSA) is 32.7 Å². The van der Waals surface area contributed by atoms with Crippen LogP contribution < -0.4 is 0 Å². The molecule has 0 spiro atoms. The second-order valence-electron chi connectivity index (χ2n) is 3.90. The Morgan fingerprint density at radius 1 is 1.54 bits per heavy atom. The van der Waals surface area contributed by atoms with Crippen molar-refractivity contribution in [2.45, 2.75) is 25.8 Å². The van der Waals surface area contributed by atoms with Crippen LogP contribution >= 0.6 is 0 Å². The lowest BCUT2D eigenvalue weighted by Gasteiger charge is -2.24. The molecular weight excluding hydrogens is 166 g/mol. The van der Waals surface area contributed by atoms with Crippen LogP contribution in [0.4, 0.5) is 0 Å². The Labute approximate surface area is 80.7 Å². The van der Waals surface area contributed by atoms with Crippen molar-refractivity contribution in [3.05, 3.63) is 0 Å². The zero-order valence-corrected chi connectivity index (χ0v) is 8.70. The molecule has 78 valence electrons. The first-order valence-electron chi connectivity index (χ1n) is 5.13. The normalized spacial score (nSPS) is 29.8. The number of methoxy groups -OCH3 is 1. The molecule has 0 radical (unpaired) electrons. The Balaban J connectivity index is 2.24. The quantitative estimate of drug-likeness (QED) is 0.644. The van der Waals surface area contributed by atoms with Gasteiger partial charge in [0.05, 0.1) is 6.61 Å². The molecule has 1 aliphatic rings. The molecule has 0 saturated carbocycles. The van der Waals surface area contributed by atoms with E-state index in [0.717, 1.165) is 26.1 Å². The van der Waals surface area contributed by atoms with Gasteiger partial charge in [-0.25, -0.2) is 0 Å². The van der Waals surface area contributed by atoms with Gasteiger partial charge in [-0.2, -0.15) is 0 Å². The van der Waals surface area contributed by atoms with Crippen molar-refractivity contribution in [3.8, 4) is 0 Å². The van der Waals surface area contributed by atoms with E-state index in [2.05, 4.69) is 11.8 Å². The van der Waals surface area contributed by atoms with Gasteiger partial charge >= 0.3 is 0 Å². The fourth-order valence-electron chi connectivity index (χ4n) is 2.07. The highest BCUT2D eigenvalue weighted by Crippen LogP contribution is 2.23. The summed E-state index contributed by atoms with van der Waals surface area (Å²) in [6, 6.07) is 0.386. The summed E-state index contributed by atoms with van der Waals surface area (Å²) in [5.41, 5.74) is 0. The first kappa shape index (κ1) is 11.0. The maximum absolute atomic E-state index is 9.19. The summed E-state index contributed by atoms with van der Waals surface area (Å²) in [4.78, 5) is 2.38. The van der Waals surface area contributed by atoms with E-state index in [4.69, 9.17) is 4.74 Å². The average molecular weight is 187 g/mol. The summed E-state index contributed by atoms with van der Waals surface area (Å²) in [5, 5.41) is 9.19. The molecule has 1 N–H and O–H groups in total. The molecule has 2 atom stereocenters. The largest absolute Gasteiger partial charge is 0.395 e. The first-order chi connectivity index (χ1) is 6.29. The monoisotopic (exact) mass is 187 g/mol. The average Bonchev–Trinajstić information content (AvgIpc) is 2.47. The van der Waals surface area contributed by atoms with Crippen LogP contribution in [0.2, 0.25) is 0 Å². The highest BCUT2D eigenvalue weighted by atomic mass is 16.5. The van der Waals surface area contributed by atoms with Gasteiger partial charge in [0.2, 0.25) is 0 Å². The number of hydrogen-bond donors (Lipinski definition) is 1. The van der Waals surface area contributed by atoms with Crippen molar-refractivity contribution in [1.29, 1.82) is 0 Å². The van der Waals surface area contributed by atoms with Gasteiger partial charge in [0.1, 0.15) is 0 Å². The highest BCUT2D eigenvalue weighted by Gasteiger charge is 2.29. The molecule has 1 fully saturated rings. The predicted molar refractivity (Wildman–Crippen MR) is 52.7 cm³/mol. The van der Waals surface area contributed by atoms with Crippen molar-refractivity contribution < 1.29 is 9.84 Å². The summed E-state index contributed by atoms with van der Waals surface area (Å²) >= 11 is 0. The molecule has 13 heavy (non-hydrogen) atoms. The minimum absolute atomic E-state index is 0.300. The van der Waals surface area contributed by atoms with Crippen LogP contribution in [0.15, 0.2) is 0 Å². The minimum Gasteiger partial charge on any atom is -0.395 e. The third-order valence-electron chi connectivity index (χ3n) is 2.98. The molecule has 0 amide bonds. The first-order valence-corrected chi connectivity index (χ1v) is 5.13. The van der Waals surface area contributed by atoms with E-state index in [-0.39, 0.29) is 0 Å². The fraction of sp³-hybridized carbons (Fsp3) is 1.00. The van der Waals surface area contributed by atoms with Gasteiger partial charge in [-0.05, 0) is 25.3 Å². The highest BCUT2D eigenvalue weighted by molar-refractivity contribution is 4.83. The SMILES string of the molecule is COCCCN1CCC(C)C1CO. The summed E-state index contributed by atoms with van der Waals surface area (Å²) in [6.45, 7) is 5.54. The lowest BCUT2D eigenvalue weighted by Crippen LogP contribution is -2.36. The molecule has 2 unspecified atom stereocenters. The molecule has 0 aromatic rings. The van der Waals surface area contributed by atoms with Crippen LogP contribution in [0.1, 0.15) is 19.8 Å². The van der Waals surface area contributed by atoms with Gasteiger partial charge < -0.3 is 9.84 Å². The van der Waals surface area contributed by atoms with Crippen LogP contribution in [-0.4, -0.2) is 49.5 Å². The van der Waals surface area contributed by atoms with Crippen LogP contribution in [0.25, 0.3) is 0 Å². The molecule has 1 aliphatic heterocycles. The van der Waals surface area contributed by atoms with E-state index < -0.39 is 0 Å². The summed E-state index contributed by atoms with van der Waals surface area (Å²) in [7, 11) is 1.73. The van der Waals surface area contributed by atoms with E-state index in [9.17, 15) is 5.11 Å². The van der Waals surface area contributed by atoms with Crippen LogP contribution in [0, 0.1) is 5.92 Å². The van der Waals surface area contributed by atoms with E-state index in [1.807, 2.05) is 0 Å². The third-order valence-corrected chi connectivity index (χ3v) is 2.98. The second kappa shape index (κ2) is 5.58. The molecule has 0 aromatic carbocycles. The van der Waals surface area contributed by atoms with Crippen molar-refractivity contribution in [2.24, 2.45) is 5.92 Å². The van der Waals surface area contributed by atoms with Gasteiger partial charge in [0, 0.05) is 26.3 Å². The summed E-state index contributed by atoms with van der Waals surface area (Å²) in [5.74, 6) is 0.646. The Morgan fingerprint density at radius 3 is 2.92 bits per heavy atom. The number of ether oxygens (including phenoxy) is 1. The van der Waals surface area contributed by atoms with E-state index in [1.54, 1.807) is 7.11 Å². The molecule has 0 aromatic heterocycles. The van der Waals surface area contributed by atoms with Crippen molar-refractivity contribution >= 4 is 0 Å². The van der Waals surface area contributed by atoms with Crippen molar-refractivity contribution in [3.63, 3.8) is 0 Å². The Morgan fingerprint density at radius 2 is 2.31 bits per heavy atom. The number of nitrogens with zero attached hydrogens (tertiary/aromatic N) is 1. The molecule has 1 rings (SSSR count). The third kappa shape index (κ3) is 2.93. The van der Waals surface area contributed by atoms with Crippen LogP contribution in [0.5, 0.6) is 0 Å². The number of aliphatic hydroxyl groups is 1. The van der Waals surface area contributed by atoms with Gasteiger partial charge in [0.25, 0.3) is 0 Å². The predicted octanol–water partition coefficient (Wildman–Crippen LogP) is 0.726. The van der Waals surface area contributed by atoms with Crippen LogP contribution in [-0.2, 0) is 4.74 Å². The van der Waals surface area contributed by atoms with Crippen molar-refractivity contribution in [2.75, 3.05) is 33.4 Å². The van der Waals surface area contributed by atoms with Gasteiger partial charge in [-0.15, -0.1) is 0 Å². The Kier molecular flexibility index (Phi) is 4.70. The maximum atomic E-state index is 9.19. The molecule has 0 aliphatic carbocycles. The zero-order valence-electron chi connectivity index (χ0n) is 8.70.